The summed E-state index contributed by atoms with van der Waals surface area (Å²) < 4.78 is 15.2. The van der Waals surface area contributed by atoms with Crippen LogP contribution in [0.2, 0.25) is 0 Å². The van der Waals surface area contributed by atoms with Gasteiger partial charge >= 0.3 is 6.09 Å². The van der Waals surface area contributed by atoms with Gasteiger partial charge in [-0.25, -0.2) is 4.79 Å². The lowest BCUT2D eigenvalue weighted by molar-refractivity contribution is -0.0392. The van der Waals surface area contributed by atoms with Crippen molar-refractivity contribution in [1.29, 1.82) is 0 Å². The van der Waals surface area contributed by atoms with Crippen LogP contribution in [0.4, 0.5) is 10.5 Å². The number of phenols is 1. The minimum absolute atomic E-state index is 0.155. The molecule has 126 valence electrons. The topological polar surface area (TPSA) is 68.2 Å². The van der Waals surface area contributed by atoms with Crippen LogP contribution in [0.25, 0.3) is 0 Å². The maximum Gasteiger partial charge on any atom is 0.414 e. The number of allylic oxidation sites excluding steroid dienone is 1. The minimum Gasteiger partial charge on any atom is -0.508 e. The molecule has 0 saturated carbocycles. The lowest BCUT2D eigenvalue weighted by atomic mass is 9.96. The van der Waals surface area contributed by atoms with Gasteiger partial charge in [-0.1, -0.05) is 12.2 Å². The molecule has 0 bridgehead atoms. The molecular formula is C17H23NO5. The Morgan fingerprint density at radius 1 is 1.35 bits per heavy atom. The second kappa shape index (κ2) is 7.99. The van der Waals surface area contributed by atoms with Crippen molar-refractivity contribution in [2.45, 2.75) is 26.4 Å². The van der Waals surface area contributed by atoms with Crippen LogP contribution in [0.3, 0.4) is 0 Å². The van der Waals surface area contributed by atoms with Crippen LogP contribution in [0, 0.1) is 6.92 Å². The number of phenolic OH excluding ortho intramolecular Hbond substituents is 1. The molecule has 0 aliphatic carbocycles. The number of anilines is 1. The Labute approximate surface area is 136 Å². The number of carbonyl (C=O) groups is 1. The molecule has 0 spiro atoms. The van der Waals surface area contributed by atoms with E-state index in [1.807, 2.05) is 19.1 Å². The van der Waals surface area contributed by atoms with Gasteiger partial charge in [0, 0.05) is 19.2 Å². The summed E-state index contributed by atoms with van der Waals surface area (Å²) in [6, 6.07) is 1.69. The highest BCUT2D eigenvalue weighted by molar-refractivity contribution is 5.91. The molecule has 23 heavy (non-hydrogen) atoms. The van der Waals surface area contributed by atoms with E-state index in [2.05, 4.69) is 0 Å². The Bertz CT molecular complexity index is 597. The zero-order valence-electron chi connectivity index (χ0n) is 13.8. The number of hydrogen-bond donors (Lipinski definition) is 1. The van der Waals surface area contributed by atoms with Gasteiger partial charge < -0.3 is 19.3 Å². The first kappa shape index (κ1) is 17.3. The number of nitrogens with zero attached hydrogens (tertiary/aromatic N) is 1. The van der Waals surface area contributed by atoms with Crippen LogP contribution in [0.1, 0.15) is 23.1 Å². The van der Waals surface area contributed by atoms with E-state index in [0.29, 0.717) is 25.3 Å². The Morgan fingerprint density at radius 2 is 2.13 bits per heavy atom. The number of fused-ring (bicyclic) bond motifs is 1. The van der Waals surface area contributed by atoms with Crippen LogP contribution in [-0.4, -0.2) is 38.8 Å². The zero-order valence-corrected chi connectivity index (χ0v) is 13.8. The third-order valence-electron chi connectivity index (χ3n) is 3.87. The van der Waals surface area contributed by atoms with Crippen molar-refractivity contribution in [2.24, 2.45) is 0 Å². The average molecular weight is 321 g/mol. The molecule has 1 aliphatic heterocycles. The molecule has 1 aromatic rings. The number of methoxy groups -OCH3 is 2. The Hall–Kier alpha value is -2.05. The zero-order chi connectivity index (χ0) is 16.8. The van der Waals surface area contributed by atoms with E-state index in [9.17, 15) is 9.90 Å². The molecule has 0 saturated heterocycles. The smallest absolute Gasteiger partial charge is 0.414 e. The molecular weight excluding hydrogens is 298 g/mol. The van der Waals surface area contributed by atoms with Crippen molar-refractivity contribution in [1.82, 2.24) is 0 Å². The third-order valence-corrected chi connectivity index (χ3v) is 3.87. The molecule has 0 radical (unpaired) electrons. The first-order chi connectivity index (χ1) is 11.1. The fourth-order valence-electron chi connectivity index (χ4n) is 2.74. The number of carbonyl (C=O) groups excluding carboxylic acids is 1. The fraction of sp³-hybridized carbons (Fsp3) is 0.471. The average Bonchev–Trinajstić information content (AvgIpc) is 2.51. The SMILES string of the molecule is COCOCc1cc(O)c2c(c1C)N(C(=O)OC)CC/C=C\C2. The number of aromatic hydroxyl groups is 1. The van der Waals surface area contributed by atoms with Crippen molar-refractivity contribution in [3.05, 3.63) is 34.9 Å². The molecule has 1 amide bonds. The fourth-order valence-corrected chi connectivity index (χ4v) is 2.74. The van der Waals surface area contributed by atoms with Crippen molar-refractivity contribution >= 4 is 11.8 Å². The summed E-state index contributed by atoms with van der Waals surface area (Å²) in [6.07, 6.45) is 4.88. The summed E-state index contributed by atoms with van der Waals surface area (Å²) in [6.45, 7) is 2.88. The molecule has 0 fully saturated rings. The third kappa shape index (κ3) is 3.83. The molecule has 0 atom stereocenters. The standard InChI is InChI=1S/C17H23NO5/c1-12-13(10-23-11-21-2)9-15(19)14-7-5-4-6-8-18(16(12)14)17(20)22-3/h4-5,9,19H,6-8,10-11H2,1-3H3/b5-4-. The Balaban J connectivity index is 2.49. The number of benzene rings is 1. The van der Waals surface area contributed by atoms with Gasteiger partial charge in [-0.3, -0.25) is 4.90 Å². The van der Waals surface area contributed by atoms with E-state index in [-0.39, 0.29) is 12.5 Å². The first-order valence-electron chi connectivity index (χ1n) is 7.51. The van der Waals surface area contributed by atoms with Crippen LogP contribution >= 0.6 is 0 Å². The highest BCUT2D eigenvalue weighted by atomic mass is 16.7. The number of ether oxygens (including phenoxy) is 3. The van der Waals surface area contributed by atoms with Gasteiger partial charge in [-0.2, -0.15) is 0 Å². The van der Waals surface area contributed by atoms with Gasteiger partial charge in [0.25, 0.3) is 0 Å². The van der Waals surface area contributed by atoms with Crippen molar-refractivity contribution in [2.75, 3.05) is 32.5 Å². The van der Waals surface area contributed by atoms with Crippen LogP contribution in [0.15, 0.2) is 18.2 Å². The molecule has 1 N–H and O–H groups in total. The molecule has 6 heteroatoms. The van der Waals surface area contributed by atoms with E-state index >= 15 is 0 Å². The first-order valence-corrected chi connectivity index (χ1v) is 7.51. The molecule has 0 unspecified atom stereocenters. The molecule has 1 heterocycles. The summed E-state index contributed by atoms with van der Waals surface area (Å²) in [7, 11) is 2.91. The molecule has 6 nitrogen and oxygen atoms in total. The predicted molar refractivity (Wildman–Crippen MR) is 86.7 cm³/mol. The van der Waals surface area contributed by atoms with Crippen LogP contribution in [-0.2, 0) is 27.2 Å². The normalized spacial score (nSPS) is 15.5. The molecule has 1 aromatic carbocycles. The van der Waals surface area contributed by atoms with Gasteiger partial charge in [0.2, 0.25) is 0 Å². The highest BCUT2D eigenvalue weighted by Gasteiger charge is 2.25. The lowest BCUT2D eigenvalue weighted by Crippen LogP contribution is -2.33. The summed E-state index contributed by atoms with van der Waals surface area (Å²) in [4.78, 5) is 13.8. The summed E-state index contributed by atoms with van der Waals surface area (Å²) in [5, 5.41) is 10.4. The number of hydrogen-bond acceptors (Lipinski definition) is 5. The largest absolute Gasteiger partial charge is 0.508 e. The van der Waals surface area contributed by atoms with E-state index in [0.717, 1.165) is 23.1 Å². The Morgan fingerprint density at radius 3 is 2.83 bits per heavy atom. The van der Waals surface area contributed by atoms with Gasteiger partial charge in [0.15, 0.2) is 0 Å². The van der Waals surface area contributed by atoms with Crippen LogP contribution < -0.4 is 4.90 Å². The molecule has 0 aromatic heterocycles. The highest BCUT2D eigenvalue weighted by Crippen LogP contribution is 2.37. The van der Waals surface area contributed by atoms with Gasteiger partial charge in [-0.05, 0) is 37.0 Å². The van der Waals surface area contributed by atoms with Crippen molar-refractivity contribution in [3.8, 4) is 5.75 Å². The number of amides is 1. The van der Waals surface area contributed by atoms with Gasteiger partial charge in [0.1, 0.15) is 12.5 Å². The van der Waals surface area contributed by atoms with E-state index in [4.69, 9.17) is 14.2 Å². The second-order valence-corrected chi connectivity index (χ2v) is 5.35. The van der Waals surface area contributed by atoms with Crippen molar-refractivity contribution in [3.63, 3.8) is 0 Å². The quantitative estimate of drug-likeness (QED) is 0.525. The number of rotatable bonds is 4. The van der Waals surface area contributed by atoms with E-state index in [1.165, 1.54) is 7.11 Å². The summed E-state index contributed by atoms with van der Waals surface area (Å²) >= 11 is 0. The van der Waals surface area contributed by atoms with E-state index in [1.54, 1.807) is 18.1 Å². The monoisotopic (exact) mass is 321 g/mol. The molecule has 2 rings (SSSR count). The van der Waals surface area contributed by atoms with E-state index < -0.39 is 6.09 Å². The minimum atomic E-state index is -0.431. The van der Waals surface area contributed by atoms with Crippen LogP contribution in [0.5, 0.6) is 5.75 Å². The maximum absolute atomic E-state index is 12.2. The summed E-state index contributed by atoms with van der Waals surface area (Å²) in [5.41, 5.74) is 3.14. The predicted octanol–water partition coefficient (Wildman–Crippen LogP) is 2.90. The van der Waals surface area contributed by atoms with Gasteiger partial charge in [0.05, 0.1) is 19.4 Å². The Kier molecular flexibility index (Phi) is 6.01. The van der Waals surface area contributed by atoms with Crippen molar-refractivity contribution < 1.29 is 24.1 Å². The van der Waals surface area contributed by atoms with Gasteiger partial charge in [-0.15, -0.1) is 0 Å². The second-order valence-electron chi connectivity index (χ2n) is 5.35. The lowest BCUT2D eigenvalue weighted by Gasteiger charge is -2.28. The molecule has 1 aliphatic rings. The maximum atomic E-state index is 12.2. The summed E-state index contributed by atoms with van der Waals surface area (Å²) in [5.74, 6) is 0.155.